The van der Waals surface area contributed by atoms with Crippen LogP contribution in [0.1, 0.15) is 0 Å². The minimum absolute atomic E-state index is 0.0314. The van der Waals surface area contributed by atoms with E-state index in [4.69, 9.17) is 0 Å². The van der Waals surface area contributed by atoms with E-state index in [0.29, 0.717) is 0 Å². The van der Waals surface area contributed by atoms with Crippen molar-refractivity contribution < 1.29 is 17.6 Å². The predicted octanol–water partition coefficient (Wildman–Crippen LogP) is -0.503. The predicted molar refractivity (Wildman–Crippen MR) is 71.8 cm³/mol. The van der Waals surface area contributed by atoms with Crippen LogP contribution in [0.5, 0.6) is 0 Å². The zero-order valence-electron chi connectivity index (χ0n) is 11.3. The number of likely N-dealkylation sites (tertiary alicyclic amines) is 1. The molecule has 1 saturated heterocycles. The zero-order chi connectivity index (χ0) is 15.7. The molecule has 22 heavy (non-hydrogen) atoms. The highest BCUT2D eigenvalue weighted by atomic mass is 32.2. The van der Waals surface area contributed by atoms with E-state index >= 15 is 0 Å². The van der Waals surface area contributed by atoms with Crippen molar-refractivity contribution in [1.82, 2.24) is 25.1 Å². The van der Waals surface area contributed by atoms with Crippen LogP contribution in [-0.2, 0) is 21.2 Å². The average Bonchev–Trinajstić information content (AvgIpc) is 2.90. The number of hydrogen-bond donors (Lipinski definition) is 0. The summed E-state index contributed by atoms with van der Waals surface area (Å²) in [4.78, 5) is 13.4. The molecule has 8 nitrogen and oxygen atoms in total. The summed E-state index contributed by atoms with van der Waals surface area (Å²) in [6.45, 7) is 0.192. The van der Waals surface area contributed by atoms with Gasteiger partial charge in [-0.05, 0) is 34.7 Å². The molecule has 0 radical (unpaired) electrons. The lowest BCUT2D eigenvalue weighted by atomic mass is 10.2. The highest BCUT2D eigenvalue weighted by Crippen LogP contribution is 2.24. The van der Waals surface area contributed by atoms with Gasteiger partial charge in [0.1, 0.15) is 23.9 Å². The molecule has 2 aromatic rings. The smallest absolute Gasteiger partial charge is 0.244 e. The summed E-state index contributed by atoms with van der Waals surface area (Å²) in [7, 11) is -3.56. The van der Waals surface area contributed by atoms with Gasteiger partial charge in [-0.3, -0.25) is 4.79 Å². The monoisotopic (exact) mass is 325 g/mol. The van der Waals surface area contributed by atoms with Crippen molar-refractivity contribution in [2.24, 2.45) is 0 Å². The molecule has 0 bridgehead atoms. The molecule has 116 valence electrons. The third-order valence-corrected chi connectivity index (χ3v) is 5.58. The number of carbonyl (C=O) groups is 1. The van der Waals surface area contributed by atoms with Crippen LogP contribution in [0.15, 0.2) is 35.5 Å². The van der Waals surface area contributed by atoms with Crippen molar-refractivity contribution in [3.05, 3.63) is 36.4 Å². The number of nitrogens with zero attached hydrogens (tertiary/aromatic N) is 5. The van der Waals surface area contributed by atoms with Crippen LogP contribution in [0.3, 0.4) is 0 Å². The van der Waals surface area contributed by atoms with Gasteiger partial charge in [-0.15, -0.1) is 5.10 Å². The first-order chi connectivity index (χ1) is 10.5. The Kier molecular flexibility index (Phi) is 3.61. The Labute approximate surface area is 125 Å². The zero-order valence-corrected chi connectivity index (χ0v) is 12.1. The summed E-state index contributed by atoms with van der Waals surface area (Å²) >= 11 is 0. The number of rotatable bonds is 4. The number of sulfone groups is 1. The summed E-state index contributed by atoms with van der Waals surface area (Å²) in [5.41, 5.74) is 0. The first kappa shape index (κ1) is 14.6. The molecule has 0 spiro atoms. The summed E-state index contributed by atoms with van der Waals surface area (Å²) in [5.74, 6) is -0.747. The molecule has 2 heterocycles. The van der Waals surface area contributed by atoms with E-state index in [-0.39, 0.29) is 30.4 Å². The molecule has 1 fully saturated rings. The molecule has 10 heteroatoms. The SMILES string of the molecule is O=C(Cn1cnnn1)N1CC(S(=O)(=O)c2ccc(F)cc2)C1. The summed E-state index contributed by atoms with van der Waals surface area (Å²) in [6.07, 6.45) is 1.31. The van der Waals surface area contributed by atoms with Gasteiger partial charge in [0.05, 0.1) is 4.90 Å². The maximum absolute atomic E-state index is 12.9. The second-order valence-corrected chi connectivity index (χ2v) is 7.16. The molecule has 1 aromatic heterocycles. The van der Waals surface area contributed by atoms with E-state index in [2.05, 4.69) is 15.5 Å². The molecule has 0 saturated carbocycles. The third-order valence-electron chi connectivity index (χ3n) is 3.47. The van der Waals surface area contributed by atoms with Crippen LogP contribution >= 0.6 is 0 Å². The fraction of sp³-hybridized carbons (Fsp3) is 0.333. The van der Waals surface area contributed by atoms with Gasteiger partial charge in [0.2, 0.25) is 5.91 Å². The molecule has 0 unspecified atom stereocenters. The Bertz CT molecular complexity index is 770. The van der Waals surface area contributed by atoms with Crippen molar-refractivity contribution in [2.75, 3.05) is 13.1 Å². The summed E-state index contributed by atoms with van der Waals surface area (Å²) < 4.78 is 38.7. The van der Waals surface area contributed by atoms with Crippen molar-refractivity contribution in [2.45, 2.75) is 16.7 Å². The highest BCUT2D eigenvalue weighted by Gasteiger charge is 2.40. The topological polar surface area (TPSA) is 98.1 Å². The van der Waals surface area contributed by atoms with Gasteiger partial charge in [0, 0.05) is 13.1 Å². The first-order valence-electron chi connectivity index (χ1n) is 6.45. The standard InChI is InChI=1S/C12H12FN5O3S/c13-9-1-3-10(4-2-9)22(20,21)11-5-17(6-11)12(19)7-18-8-14-15-16-18/h1-4,8,11H,5-7H2. The van der Waals surface area contributed by atoms with E-state index in [1.54, 1.807) is 0 Å². The normalized spacial score (nSPS) is 15.6. The van der Waals surface area contributed by atoms with Crippen molar-refractivity contribution in [3.8, 4) is 0 Å². The molecule has 0 N–H and O–H groups in total. The van der Waals surface area contributed by atoms with Crippen LogP contribution in [0.25, 0.3) is 0 Å². The number of carbonyl (C=O) groups excluding carboxylic acids is 1. The summed E-state index contributed by atoms with van der Waals surface area (Å²) in [5, 5.41) is 9.73. The number of hydrogen-bond acceptors (Lipinski definition) is 6. The molecule has 1 amide bonds. The molecular formula is C12H12FN5O3S. The maximum atomic E-state index is 12.9. The minimum atomic E-state index is -3.56. The molecular weight excluding hydrogens is 313 g/mol. The minimum Gasteiger partial charge on any atom is -0.338 e. The van der Waals surface area contributed by atoms with Crippen LogP contribution in [-0.4, -0.2) is 57.8 Å². The van der Waals surface area contributed by atoms with E-state index in [1.165, 1.54) is 28.0 Å². The van der Waals surface area contributed by atoms with Gasteiger partial charge in [-0.1, -0.05) is 0 Å². The number of aromatic nitrogens is 4. The van der Waals surface area contributed by atoms with Gasteiger partial charge in [0.15, 0.2) is 9.84 Å². The Morgan fingerprint density at radius 2 is 1.95 bits per heavy atom. The van der Waals surface area contributed by atoms with E-state index in [9.17, 15) is 17.6 Å². The molecule has 0 atom stereocenters. The molecule has 1 aromatic carbocycles. The largest absolute Gasteiger partial charge is 0.338 e. The maximum Gasteiger partial charge on any atom is 0.244 e. The second-order valence-electron chi connectivity index (χ2n) is 4.93. The van der Waals surface area contributed by atoms with E-state index < -0.39 is 20.9 Å². The van der Waals surface area contributed by atoms with Crippen LogP contribution in [0.4, 0.5) is 4.39 Å². The Morgan fingerprint density at radius 3 is 2.55 bits per heavy atom. The Balaban J connectivity index is 1.62. The van der Waals surface area contributed by atoms with Crippen LogP contribution in [0, 0.1) is 5.82 Å². The van der Waals surface area contributed by atoms with Crippen molar-refractivity contribution in [1.29, 1.82) is 0 Å². The van der Waals surface area contributed by atoms with Gasteiger partial charge >= 0.3 is 0 Å². The van der Waals surface area contributed by atoms with Gasteiger partial charge in [-0.2, -0.15) is 0 Å². The number of tetrazole rings is 1. The van der Waals surface area contributed by atoms with E-state index in [0.717, 1.165) is 12.1 Å². The highest BCUT2D eigenvalue weighted by molar-refractivity contribution is 7.92. The Morgan fingerprint density at radius 1 is 1.27 bits per heavy atom. The van der Waals surface area contributed by atoms with Gasteiger partial charge in [0.25, 0.3) is 0 Å². The lowest BCUT2D eigenvalue weighted by molar-refractivity contribution is -0.135. The third kappa shape index (κ3) is 2.69. The van der Waals surface area contributed by atoms with Crippen molar-refractivity contribution in [3.63, 3.8) is 0 Å². The lowest BCUT2D eigenvalue weighted by Gasteiger charge is -2.38. The number of halogens is 1. The lowest BCUT2D eigenvalue weighted by Crippen LogP contribution is -2.57. The van der Waals surface area contributed by atoms with Crippen LogP contribution < -0.4 is 0 Å². The first-order valence-corrected chi connectivity index (χ1v) is 7.99. The fourth-order valence-electron chi connectivity index (χ4n) is 2.15. The summed E-state index contributed by atoms with van der Waals surface area (Å²) in [6, 6.07) is 4.67. The number of amides is 1. The second kappa shape index (κ2) is 5.44. The molecule has 3 rings (SSSR count). The van der Waals surface area contributed by atoms with Gasteiger partial charge in [-0.25, -0.2) is 17.5 Å². The quantitative estimate of drug-likeness (QED) is 0.703. The average molecular weight is 325 g/mol. The van der Waals surface area contributed by atoms with Crippen LogP contribution in [0.2, 0.25) is 0 Å². The molecule has 0 aliphatic carbocycles. The molecule has 1 aliphatic rings. The van der Waals surface area contributed by atoms with E-state index in [1.807, 2.05) is 0 Å². The fourth-order valence-corrected chi connectivity index (χ4v) is 3.80. The van der Waals surface area contributed by atoms with Gasteiger partial charge < -0.3 is 4.90 Å². The number of benzene rings is 1. The Hall–Kier alpha value is -2.36. The molecule has 1 aliphatic heterocycles. The van der Waals surface area contributed by atoms with Crippen molar-refractivity contribution >= 4 is 15.7 Å².